The summed E-state index contributed by atoms with van der Waals surface area (Å²) in [4.78, 5) is 0. The first-order valence-corrected chi connectivity index (χ1v) is 8.64. The standard InChI is InChI=1S/C23H16/c1-12-9-14-7-8-18-17-4-2-3-13-10-15-5-6-16-11-19(12)23(20(15)16,21(13)17)22(14)18/h2-8,11,20,22H,1,9-10H2. The molecule has 0 saturated heterocycles. The van der Waals surface area contributed by atoms with E-state index in [0.29, 0.717) is 11.8 Å². The van der Waals surface area contributed by atoms with Crippen molar-refractivity contribution in [3.05, 3.63) is 99.7 Å². The maximum Gasteiger partial charge on any atom is 0.0426 e. The smallest absolute Gasteiger partial charge is 0.0426 e. The van der Waals surface area contributed by atoms with E-state index in [9.17, 15) is 0 Å². The van der Waals surface area contributed by atoms with Crippen LogP contribution in [0.2, 0.25) is 0 Å². The van der Waals surface area contributed by atoms with E-state index >= 15 is 0 Å². The van der Waals surface area contributed by atoms with E-state index < -0.39 is 0 Å². The third-order valence-corrected chi connectivity index (χ3v) is 7.09. The van der Waals surface area contributed by atoms with E-state index in [-0.39, 0.29) is 5.41 Å². The summed E-state index contributed by atoms with van der Waals surface area (Å²) in [5.74, 6) is 1.13. The molecule has 23 heavy (non-hydrogen) atoms. The summed E-state index contributed by atoms with van der Waals surface area (Å²) in [5, 5.41) is 0. The lowest BCUT2D eigenvalue weighted by Crippen LogP contribution is -2.45. The zero-order valence-electron chi connectivity index (χ0n) is 12.9. The first-order chi connectivity index (χ1) is 11.3. The van der Waals surface area contributed by atoms with Gasteiger partial charge in [-0.1, -0.05) is 66.3 Å². The minimum absolute atomic E-state index is 0.141. The van der Waals surface area contributed by atoms with Crippen molar-refractivity contribution in [1.29, 1.82) is 0 Å². The van der Waals surface area contributed by atoms with E-state index in [1.807, 2.05) is 0 Å². The number of fused-ring (bicyclic) bond motifs is 1. The fourth-order valence-electron chi connectivity index (χ4n) is 6.61. The van der Waals surface area contributed by atoms with Crippen molar-refractivity contribution in [2.75, 3.05) is 0 Å². The molecular formula is C23H16. The molecule has 0 aromatic heterocycles. The Morgan fingerprint density at radius 1 is 0.957 bits per heavy atom. The van der Waals surface area contributed by atoms with Crippen molar-refractivity contribution in [2.45, 2.75) is 18.3 Å². The summed E-state index contributed by atoms with van der Waals surface area (Å²) < 4.78 is 0. The van der Waals surface area contributed by atoms with Crippen molar-refractivity contribution < 1.29 is 0 Å². The number of benzene rings is 1. The van der Waals surface area contributed by atoms with Gasteiger partial charge in [0.1, 0.15) is 0 Å². The monoisotopic (exact) mass is 292 g/mol. The lowest BCUT2D eigenvalue weighted by Gasteiger charge is -2.49. The molecule has 0 heteroatoms. The molecule has 0 heterocycles. The fraction of sp³-hybridized carbons (Fsp3) is 0.217. The second-order valence-corrected chi connectivity index (χ2v) is 7.86. The molecule has 0 radical (unpaired) electrons. The minimum atomic E-state index is 0.141. The first kappa shape index (κ1) is 11.2. The van der Waals surface area contributed by atoms with Gasteiger partial charge in [-0.05, 0) is 51.8 Å². The van der Waals surface area contributed by atoms with Gasteiger partial charge in [-0.15, -0.1) is 0 Å². The Kier molecular flexibility index (Phi) is 1.54. The highest BCUT2D eigenvalue weighted by Gasteiger charge is 2.66. The quantitative estimate of drug-likeness (QED) is 0.643. The van der Waals surface area contributed by atoms with E-state index in [0.717, 1.165) is 12.8 Å². The summed E-state index contributed by atoms with van der Waals surface area (Å²) in [6.45, 7) is 4.49. The van der Waals surface area contributed by atoms with Crippen molar-refractivity contribution in [3.8, 4) is 0 Å². The largest absolute Gasteiger partial charge is 0.0952 e. The lowest BCUT2D eigenvalue weighted by molar-refractivity contribution is 0.349. The summed E-state index contributed by atoms with van der Waals surface area (Å²) in [7, 11) is 0. The molecule has 0 aliphatic heterocycles. The maximum absolute atomic E-state index is 4.49. The maximum atomic E-state index is 4.49. The Morgan fingerprint density at radius 2 is 1.83 bits per heavy atom. The van der Waals surface area contributed by atoms with Gasteiger partial charge in [-0.2, -0.15) is 0 Å². The van der Waals surface area contributed by atoms with E-state index in [4.69, 9.17) is 0 Å². The van der Waals surface area contributed by atoms with Crippen LogP contribution in [0.3, 0.4) is 0 Å². The Morgan fingerprint density at radius 3 is 2.78 bits per heavy atom. The Labute approximate surface area is 135 Å². The van der Waals surface area contributed by atoms with Gasteiger partial charge in [0.15, 0.2) is 0 Å². The third-order valence-electron chi connectivity index (χ3n) is 7.09. The second-order valence-electron chi connectivity index (χ2n) is 7.86. The molecule has 1 aromatic carbocycles. The van der Waals surface area contributed by atoms with Crippen LogP contribution in [-0.4, -0.2) is 0 Å². The summed E-state index contributed by atoms with van der Waals surface area (Å²) in [5.41, 5.74) is 14.1. The van der Waals surface area contributed by atoms with Crippen LogP contribution in [0.25, 0.3) is 5.57 Å². The zero-order chi connectivity index (χ0) is 14.9. The number of hydrogen-bond acceptors (Lipinski definition) is 0. The van der Waals surface area contributed by atoms with Gasteiger partial charge in [0.2, 0.25) is 0 Å². The van der Waals surface area contributed by atoms with Crippen LogP contribution in [0.15, 0.2) is 83.0 Å². The summed E-state index contributed by atoms with van der Waals surface area (Å²) >= 11 is 0. The molecule has 0 amide bonds. The van der Waals surface area contributed by atoms with Crippen LogP contribution in [-0.2, 0) is 11.8 Å². The SMILES string of the molecule is C=C1CC2=CC=C3c4cccc5c4C4(C1=CC1=CC=C(C5)C14)C23. The highest BCUT2D eigenvalue weighted by molar-refractivity contribution is 5.91. The molecule has 0 nitrogen and oxygen atoms in total. The van der Waals surface area contributed by atoms with Crippen molar-refractivity contribution in [1.82, 2.24) is 0 Å². The highest BCUT2D eigenvalue weighted by Crippen LogP contribution is 2.73. The van der Waals surface area contributed by atoms with Crippen molar-refractivity contribution in [3.63, 3.8) is 0 Å². The molecule has 6 aliphatic rings. The van der Waals surface area contributed by atoms with Crippen LogP contribution in [0.4, 0.5) is 0 Å². The van der Waals surface area contributed by atoms with Gasteiger partial charge in [0, 0.05) is 17.3 Å². The summed E-state index contributed by atoms with van der Waals surface area (Å²) in [6.07, 6.45) is 14.2. The predicted molar refractivity (Wildman–Crippen MR) is 92.9 cm³/mol. The van der Waals surface area contributed by atoms with Gasteiger partial charge in [0.25, 0.3) is 0 Å². The Hall–Kier alpha value is -2.34. The molecular weight excluding hydrogens is 276 g/mol. The molecule has 3 unspecified atom stereocenters. The molecule has 3 atom stereocenters. The molecule has 0 N–H and O–H groups in total. The van der Waals surface area contributed by atoms with Crippen LogP contribution < -0.4 is 0 Å². The number of rotatable bonds is 0. The lowest BCUT2D eigenvalue weighted by atomic mass is 9.53. The molecule has 1 aromatic rings. The van der Waals surface area contributed by atoms with E-state index in [2.05, 4.69) is 55.2 Å². The topological polar surface area (TPSA) is 0 Å². The fourth-order valence-corrected chi connectivity index (χ4v) is 6.61. The second kappa shape index (κ2) is 3.14. The molecule has 1 spiro atoms. The van der Waals surface area contributed by atoms with Crippen LogP contribution in [0.1, 0.15) is 23.1 Å². The Balaban J connectivity index is 1.73. The number of allylic oxidation sites excluding steroid dienone is 11. The normalized spacial score (nSPS) is 36.2. The van der Waals surface area contributed by atoms with Gasteiger partial charge < -0.3 is 0 Å². The average Bonchev–Trinajstić information content (AvgIpc) is 3.26. The zero-order valence-corrected chi connectivity index (χ0v) is 12.9. The minimum Gasteiger partial charge on any atom is -0.0952 e. The van der Waals surface area contributed by atoms with Gasteiger partial charge in [0.05, 0.1) is 0 Å². The van der Waals surface area contributed by atoms with E-state index in [1.54, 1.807) is 33.4 Å². The third kappa shape index (κ3) is 0.919. The highest BCUT2D eigenvalue weighted by atomic mass is 14.7. The first-order valence-electron chi connectivity index (χ1n) is 8.64. The van der Waals surface area contributed by atoms with Crippen LogP contribution >= 0.6 is 0 Å². The molecule has 6 aliphatic carbocycles. The van der Waals surface area contributed by atoms with E-state index in [1.165, 1.54) is 16.7 Å². The Bertz CT molecular complexity index is 1030. The number of hydrogen-bond donors (Lipinski definition) is 0. The van der Waals surface area contributed by atoms with Crippen LogP contribution in [0.5, 0.6) is 0 Å². The van der Waals surface area contributed by atoms with Gasteiger partial charge in [-0.3, -0.25) is 0 Å². The molecule has 108 valence electrons. The van der Waals surface area contributed by atoms with Crippen molar-refractivity contribution in [2.24, 2.45) is 11.8 Å². The van der Waals surface area contributed by atoms with Gasteiger partial charge in [-0.25, -0.2) is 0 Å². The molecule has 7 rings (SSSR count). The molecule has 1 fully saturated rings. The molecule has 0 bridgehead atoms. The van der Waals surface area contributed by atoms with Gasteiger partial charge >= 0.3 is 0 Å². The van der Waals surface area contributed by atoms with Crippen molar-refractivity contribution >= 4 is 5.57 Å². The summed E-state index contributed by atoms with van der Waals surface area (Å²) in [6, 6.07) is 6.99. The average molecular weight is 292 g/mol. The molecule has 1 saturated carbocycles. The predicted octanol–water partition coefficient (Wildman–Crippen LogP) is 4.82. The van der Waals surface area contributed by atoms with Crippen LogP contribution in [0, 0.1) is 11.8 Å².